The maximum atomic E-state index is 12.7. The summed E-state index contributed by atoms with van der Waals surface area (Å²) in [6, 6.07) is 7.31. The third-order valence-electron chi connectivity index (χ3n) is 4.53. The van der Waals surface area contributed by atoms with E-state index in [1.54, 1.807) is 18.2 Å². The SMILES string of the molecule is NCC1CCCC1NC(=O)c1cccc(-n2ccc(C(F)(F)F)n2)c1. The zero-order chi connectivity index (χ0) is 18.0. The Kier molecular flexibility index (Phi) is 4.80. The molecular weight excluding hydrogens is 333 g/mol. The number of amides is 1. The molecule has 2 aromatic rings. The van der Waals surface area contributed by atoms with Crippen LogP contribution < -0.4 is 11.1 Å². The average Bonchev–Trinajstić information content (AvgIpc) is 3.23. The van der Waals surface area contributed by atoms with Gasteiger partial charge in [-0.3, -0.25) is 4.79 Å². The molecule has 3 N–H and O–H groups in total. The number of aromatic nitrogens is 2. The Hall–Kier alpha value is -2.35. The lowest BCUT2D eigenvalue weighted by Gasteiger charge is -2.19. The van der Waals surface area contributed by atoms with Crippen molar-refractivity contribution in [1.29, 1.82) is 0 Å². The zero-order valence-electron chi connectivity index (χ0n) is 13.5. The molecular formula is C17H19F3N4O. The van der Waals surface area contributed by atoms with Crippen LogP contribution in [0.3, 0.4) is 0 Å². The second-order valence-electron chi connectivity index (χ2n) is 6.20. The first-order valence-corrected chi connectivity index (χ1v) is 8.12. The van der Waals surface area contributed by atoms with Crippen molar-refractivity contribution in [2.45, 2.75) is 31.5 Å². The highest BCUT2D eigenvalue weighted by Crippen LogP contribution is 2.28. The number of benzene rings is 1. The molecule has 1 saturated carbocycles. The minimum absolute atomic E-state index is 0.0442. The number of nitrogens with one attached hydrogen (secondary N) is 1. The summed E-state index contributed by atoms with van der Waals surface area (Å²) in [4.78, 5) is 12.4. The minimum Gasteiger partial charge on any atom is -0.349 e. The molecule has 1 heterocycles. The van der Waals surface area contributed by atoms with Gasteiger partial charge >= 0.3 is 6.18 Å². The van der Waals surface area contributed by atoms with E-state index in [1.165, 1.54) is 12.3 Å². The lowest BCUT2D eigenvalue weighted by atomic mass is 10.0. The third-order valence-corrected chi connectivity index (χ3v) is 4.53. The first-order valence-electron chi connectivity index (χ1n) is 8.12. The van der Waals surface area contributed by atoms with E-state index in [4.69, 9.17) is 5.73 Å². The van der Waals surface area contributed by atoms with Gasteiger partial charge in [-0.05, 0) is 49.6 Å². The van der Waals surface area contributed by atoms with Crippen LogP contribution in [0.2, 0.25) is 0 Å². The first-order chi connectivity index (χ1) is 11.9. The van der Waals surface area contributed by atoms with Crippen molar-refractivity contribution in [2.24, 2.45) is 11.7 Å². The molecule has 1 aliphatic rings. The summed E-state index contributed by atoms with van der Waals surface area (Å²) in [5.74, 6) is 0.0167. The van der Waals surface area contributed by atoms with Gasteiger partial charge in [0.25, 0.3) is 5.91 Å². The molecule has 0 spiro atoms. The predicted octanol–water partition coefficient (Wildman–Crippen LogP) is 2.75. The molecule has 0 saturated heterocycles. The van der Waals surface area contributed by atoms with Gasteiger partial charge in [0.15, 0.2) is 5.69 Å². The van der Waals surface area contributed by atoms with Crippen LogP contribution in [0.1, 0.15) is 35.3 Å². The van der Waals surface area contributed by atoms with Gasteiger partial charge in [0, 0.05) is 17.8 Å². The normalized spacial score (nSPS) is 20.6. The van der Waals surface area contributed by atoms with E-state index in [2.05, 4.69) is 10.4 Å². The molecule has 1 aromatic heterocycles. The Bertz CT molecular complexity index is 756. The zero-order valence-corrected chi connectivity index (χ0v) is 13.5. The molecule has 2 unspecified atom stereocenters. The van der Waals surface area contributed by atoms with E-state index in [1.807, 2.05) is 0 Å². The highest BCUT2D eigenvalue weighted by Gasteiger charge is 2.33. The van der Waals surface area contributed by atoms with Gasteiger partial charge in [-0.25, -0.2) is 4.68 Å². The largest absolute Gasteiger partial charge is 0.435 e. The van der Waals surface area contributed by atoms with Crippen molar-refractivity contribution < 1.29 is 18.0 Å². The molecule has 0 bridgehead atoms. The molecule has 5 nitrogen and oxygen atoms in total. The number of nitrogens with two attached hydrogens (primary N) is 1. The Balaban J connectivity index is 1.77. The first kappa shape index (κ1) is 17.5. The van der Waals surface area contributed by atoms with Gasteiger partial charge in [0.05, 0.1) is 5.69 Å². The number of hydrogen-bond acceptors (Lipinski definition) is 3. The lowest BCUT2D eigenvalue weighted by molar-refractivity contribution is -0.141. The number of alkyl halides is 3. The van der Waals surface area contributed by atoms with Crippen molar-refractivity contribution in [3.05, 3.63) is 47.8 Å². The maximum Gasteiger partial charge on any atom is 0.435 e. The van der Waals surface area contributed by atoms with Gasteiger partial charge < -0.3 is 11.1 Å². The van der Waals surface area contributed by atoms with Crippen LogP contribution in [-0.2, 0) is 6.18 Å². The van der Waals surface area contributed by atoms with Gasteiger partial charge in [-0.15, -0.1) is 0 Å². The van der Waals surface area contributed by atoms with Gasteiger partial charge in [0.2, 0.25) is 0 Å². The molecule has 1 fully saturated rings. The predicted molar refractivity (Wildman–Crippen MR) is 86.2 cm³/mol. The summed E-state index contributed by atoms with van der Waals surface area (Å²) >= 11 is 0. The van der Waals surface area contributed by atoms with E-state index in [0.717, 1.165) is 30.0 Å². The fourth-order valence-corrected chi connectivity index (χ4v) is 3.17. The quantitative estimate of drug-likeness (QED) is 0.889. The van der Waals surface area contributed by atoms with E-state index < -0.39 is 11.9 Å². The standard InChI is InChI=1S/C17H19F3N4O/c18-17(19,20)15-7-8-24(23-15)13-5-1-3-11(9-13)16(25)22-14-6-2-4-12(14)10-21/h1,3,5,7-9,12,14H,2,4,6,10,21H2,(H,22,25). The third kappa shape index (κ3) is 3.84. The van der Waals surface area contributed by atoms with E-state index in [-0.39, 0.29) is 17.9 Å². The molecule has 0 radical (unpaired) electrons. The Morgan fingerprint density at radius 1 is 1.32 bits per heavy atom. The van der Waals surface area contributed by atoms with Gasteiger partial charge in [-0.1, -0.05) is 12.5 Å². The van der Waals surface area contributed by atoms with Crippen LogP contribution in [0.5, 0.6) is 0 Å². The molecule has 0 aliphatic heterocycles. The molecule has 1 amide bonds. The summed E-state index contributed by atoms with van der Waals surface area (Å²) in [6.45, 7) is 0.526. The van der Waals surface area contributed by atoms with Crippen molar-refractivity contribution in [3.8, 4) is 5.69 Å². The second-order valence-corrected chi connectivity index (χ2v) is 6.20. The van der Waals surface area contributed by atoms with Crippen LogP contribution in [-0.4, -0.2) is 28.3 Å². The van der Waals surface area contributed by atoms with E-state index >= 15 is 0 Å². The molecule has 25 heavy (non-hydrogen) atoms. The summed E-state index contributed by atoms with van der Waals surface area (Å²) in [5, 5.41) is 6.50. The topological polar surface area (TPSA) is 72.9 Å². The molecule has 3 rings (SSSR count). The number of rotatable bonds is 4. The van der Waals surface area contributed by atoms with Crippen molar-refractivity contribution in [2.75, 3.05) is 6.54 Å². The average molecular weight is 352 g/mol. The molecule has 1 aliphatic carbocycles. The summed E-state index contributed by atoms with van der Waals surface area (Å²) < 4.78 is 39.1. The number of carbonyl (C=O) groups excluding carboxylic acids is 1. The van der Waals surface area contributed by atoms with Gasteiger partial charge in [-0.2, -0.15) is 18.3 Å². The number of carbonyl (C=O) groups is 1. The number of nitrogens with zero attached hydrogens (tertiary/aromatic N) is 2. The summed E-state index contributed by atoms with van der Waals surface area (Å²) in [7, 11) is 0. The van der Waals surface area contributed by atoms with Gasteiger partial charge in [0.1, 0.15) is 0 Å². The molecule has 2 atom stereocenters. The minimum atomic E-state index is -4.50. The molecule has 1 aromatic carbocycles. The van der Waals surface area contributed by atoms with Crippen LogP contribution in [0.4, 0.5) is 13.2 Å². The Labute approximate surface area is 143 Å². The smallest absolute Gasteiger partial charge is 0.349 e. The Morgan fingerprint density at radius 3 is 2.80 bits per heavy atom. The number of halogens is 3. The second kappa shape index (κ2) is 6.87. The number of hydrogen-bond donors (Lipinski definition) is 2. The molecule has 8 heteroatoms. The highest BCUT2D eigenvalue weighted by molar-refractivity contribution is 5.95. The van der Waals surface area contributed by atoms with Crippen LogP contribution in [0, 0.1) is 5.92 Å². The maximum absolute atomic E-state index is 12.7. The fraction of sp³-hybridized carbons (Fsp3) is 0.412. The monoisotopic (exact) mass is 352 g/mol. The van der Waals surface area contributed by atoms with Crippen molar-refractivity contribution >= 4 is 5.91 Å². The Morgan fingerprint density at radius 2 is 2.12 bits per heavy atom. The fourth-order valence-electron chi connectivity index (χ4n) is 3.17. The van der Waals surface area contributed by atoms with E-state index in [9.17, 15) is 18.0 Å². The lowest BCUT2D eigenvalue weighted by Crippen LogP contribution is -2.39. The van der Waals surface area contributed by atoms with Crippen molar-refractivity contribution in [1.82, 2.24) is 15.1 Å². The van der Waals surface area contributed by atoms with Crippen LogP contribution >= 0.6 is 0 Å². The molecule has 134 valence electrons. The van der Waals surface area contributed by atoms with E-state index in [0.29, 0.717) is 17.8 Å². The van der Waals surface area contributed by atoms with Crippen LogP contribution in [0.25, 0.3) is 5.69 Å². The summed E-state index contributed by atoms with van der Waals surface area (Å²) in [5.41, 5.74) is 5.52. The van der Waals surface area contributed by atoms with Crippen molar-refractivity contribution in [3.63, 3.8) is 0 Å². The summed E-state index contributed by atoms with van der Waals surface area (Å²) in [6.07, 6.45) is -0.363. The highest BCUT2D eigenvalue weighted by atomic mass is 19.4. The van der Waals surface area contributed by atoms with Crippen LogP contribution in [0.15, 0.2) is 36.5 Å².